The van der Waals surface area contributed by atoms with Crippen LogP contribution in [0.4, 0.5) is 0 Å². The zero-order valence-electron chi connectivity index (χ0n) is 9.46. The van der Waals surface area contributed by atoms with E-state index in [1.807, 2.05) is 0 Å². The molecule has 0 unspecified atom stereocenters. The van der Waals surface area contributed by atoms with E-state index in [-0.39, 0.29) is 17.9 Å². The number of carbonyl (C=O) groups excluding carboxylic acids is 1. The number of hydrogen-bond acceptors (Lipinski definition) is 3. The molecule has 16 heavy (non-hydrogen) atoms. The Hall–Kier alpha value is -1.91. The predicted molar refractivity (Wildman–Crippen MR) is 61.2 cm³/mol. The van der Waals surface area contributed by atoms with Crippen LogP contribution in [-0.2, 0) is 11.2 Å². The van der Waals surface area contributed by atoms with Crippen LogP contribution in [0, 0.1) is 13.8 Å². The minimum absolute atomic E-state index is 0.0439. The first-order valence-electron chi connectivity index (χ1n) is 4.98. The van der Waals surface area contributed by atoms with Crippen molar-refractivity contribution in [2.45, 2.75) is 20.3 Å². The lowest BCUT2D eigenvalue weighted by atomic mass is 10.1. The minimum atomic E-state index is -0.251. The molecule has 1 heterocycles. The lowest BCUT2D eigenvalue weighted by Gasteiger charge is -2.05. The van der Waals surface area contributed by atoms with Crippen molar-refractivity contribution in [2.75, 3.05) is 6.54 Å². The Morgan fingerprint density at radius 2 is 2.25 bits per heavy atom. The normalized spacial score (nSPS) is 9.88. The summed E-state index contributed by atoms with van der Waals surface area (Å²) in [6.07, 6.45) is 1.63. The average molecular weight is 221 g/mol. The summed E-state index contributed by atoms with van der Waals surface area (Å²) in [5.41, 5.74) is 0.751. The Bertz CT molecular complexity index is 463. The molecule has 0 fully saturated rings. The second kappa shape index (κ2) is 5.25. The standard InChI is InChI=1S/C11H15N3O2/c1-4-5-12-10(15)6-9-7(2)13-8(3)14-11(9)16/h4H,1,5-6H2,2-3H3,(H,12,15)(H,13,14,16). The number of nitrogens with zero attached hydrogens (tertiary/aromatic N) is 1. The lowest BCUT2D eigenvalue weighted by Crippen LogP contribution is -2.29. The van der Waals surface area contributed by atoms with Gasteiger partial charge in [0.2, 0.25) is 5.91 Å². The van der Waals surface area contributed by atoms with Gasteiger partial charge in [-0.2, -0.15) is 0 Å². The summed E-state index contributed by atoms with van der Waals surface area (Å²) in [5, 5.41) is 2.61. The van der Waals surface area contributed by atoms with Crippen LogP contribution in [0.15, 0.2) is 17.4 Å². The van der Waals surface area contributed by atoms with Crippen molar-refractivity contribution < 1.29 is 4.79 Å². The third-order valence-electron chi connectivity index (χ3n) is 2.12. The molecule has 86 valence electrons. The molecule has 1 rings (SSSR count). The molecule has 0 radical (unpaired) electrons. The average Bonchev–Trinajstić information content (AvgIpc) is 2.20. The zero-order chi connectivity index (χ0) is 12.1. The van der Waals surface area contributed by atoms with Gasteiger partial charge in [-0.3, -0.25) is 9.59 Å². The Kier molecular flexibility index (Phi) is 3.99. The van der Waals surface area contributed by atoms with Gasteiger partial charge in [-0.15, -0.1) is 6.58 Å². The van der Waals surface area contributed by atoms with E-state index in [9.17, 15) is 9.59 Å². The quantitative estimate of drug-likeness (QED) is 0.715. The first kappa shape index (κ1) is 12.2. The molecule has 0 bridgehead atoms. The van der Waals surface area contributed by atoms with Crippen molar-refractivity contribution in [3.63, 3.8) is 0 Å². The minimum Gasteiger partial charge on any atom is -0.352 e. The summed E-state index contributed by atoms with van der Waals surface area (Å²) in [6.45, 7) is 7.31. The highest BCUT2D eigenvalue weighted by molar-refractivity contribution is 5.78. The van der Waals surface area contributed by atoms with Gasteiger partial charge in [0.15, 0.2) is 0 Å². The van der Waals surface area contributed by atoms with Crippen molar-refractivity contribution in [1.29, 1.82) is 0 Å². The molecule has 0 saturated heterocycles. The maximum Gasteiger partial charge on any atom is 0.254 e. The highest BCUT2D eigenvalue weighted by Gasteiger charge is 2.10. The largest absolute Gasteiger partial charge is 0.352 e. The summed E-state index contributed by atoms with van der Waals surface area (Å²) < 4.78 is 0. The molecule has 0 aromatic carbocycles. The van der Waals surface area contributed by atoms with Crippen LogP contribution >= 0.6 is 0 Å². The summed E-state index contributed by atoms with van der Waals surface area (Å²) in [4.78, 5) is 29.7. The van der Waals surface area contributed by atoms with Crippen LogP contribution in [0.25, 0.3) is 0 Å². The Labute approximate surface area is 93.6 Å². The number of aromatic amines is 1. The number of aryl methyl sites for hydroxylation is 2. The van der Waals surface area contributed by atoms with Gasteiger partial charge in [-0.1, -0.05) is 6.08 Å². The highest BCUT2D eigenvalue weighted by atomic mass is 16.2. The van der Waals surface area contributed by atoms with E-state index in [0.717, 1.165) is 0 Å². The maximum absolute atomic E-state index is 11.6. The first-order chi connectivity index (χ1) is 7.54. The number of carbonyl (C=O) groups is 1. The van der Waals surface area contributed by atoms with Crippen LogP contribution in [0.1, 0.15) is 17.1 Å². The van der Waals surface area contributed by atoms with Gasteiger partial charge < -0.3 is 10.3 Å². The molecule has 0 atom stereocenters. The van der Waals surface area contributed by atoms with Crippen molar-refractivity contribution >= 4 is 5.91 Å². The summed E-state index contributed by atoms with van der Waals surface area (Å²) in [5.74, 6) is 0.344. The van der Waals surface area contributed by atoms with Crippen LogP contribution in [0.5, 0.6) is 0 Å². The molecule has 1 amide bonds. The molecule has 0 saturated carbocycles. The van der Waals surface area contributed by atoms with E-state index in [1.165, 1.54) is 0 Å². The Balaban J connectivity index is 2.85. The fourth-order valence-electron chi connectivity index (χ4n) is 1.37. The van der Waals surface area contributed by atoms with Crippen LogP contribution in [0.2, 0.25) is 0 Å². The molecule has 1 aromatic rings. The lowest BCUT2D eigenvalue weighted by molar-refractivity contribution is -0.120. The van der Waals surface area contributed by atoms with Gasteiger partial charge in [-0.05, 0) is 13.8 Å². The van der Waals surface area contributed by atoms with Crippen LogP contribution in [-0.4, -0.2) is 22.4 Å². The van der Waals surface area contributed by atoms with Crippen LogP contribution in [0.3, 0.4) is 0 Å². The third-order valence-corrected chi connectivity index (χ3v) is 2.12. The summed E-state index contributed by atoms with van der Waals surface area (Å²) in [7, 11) is 0. The molecule has 1 aromatic heterocycles. The van der Waals surface area contributed by atoms with Gasteiger partial charge in [-0.25, -0.2) is 4.98 Å². The second-order valence-corrected chi connectivity index (χ2v) is 3.48. The monoisotopic (exact) mass is 221 g/mol. The number of rotatable bonds is 4. The number of aromatic nitrogens is 2. The van der Waals surface area contributed by atoms with E-state index in [1.54, 1.807) is 19.9 Å². The smallest absolute Gasteiger partial charge is 0.254 e. The Morgan fingerprint density at radius 1 is 1.56 bits per heavy atom. The number of nitrogens with one attached hydrogen (secondary N) is 2. The highest BCUT2D eigenvalue weighted by Crippen LogP contribution is 1.99. The molecule has 0 aliphatic carbocycles. The maximum atomic E-state index is 11.6. The van der Waals surface area contributed by atoms with E-state index >= 15 is 0 Å². The van der Waals surface area contributed by atoms with Crippen LogP contribution < -0.4 is 10.9 Å². The second-order valence-electron chi connectivity index (χ2n) is 3.48. The summed E-state index contributed by atoms with van der Waals surface area (Å²) in [6, 6.07) is 0. The molecule has 0 spiro atoms. The fourth-order valence-corrected chi connectivity index (χ4v) is 1.37. The molecule has 0 aliphatic heterocycles. The molecule has 2 N–H and O–H groups in total. The topological polar surface area (TPSA) is 74.8 Å². The van der Waals surface area contributed by atoms with Gasteiger partial charge in [0, 0.05) is 17.8 Å². The molecular formula is C11H15N3O2. The van der Waals surface area contributed by atoms with Gasteiger partial charge in [0.1, 0.15) is 5.82 Å². The van der Waals surface area contributed by atoms with E-state index in [4.69, 9.17) is 0 Å². The van der Waals surface area contributed by atoms with Gasteiger partial charge in [0.25, 0.3) is 5.56 Å². The molecule has 5 nitrogen and oxygen atoms in total. The number of amides is 1. The number of hydrogen-bond donors (Lipinski definition) is 2. The SMILES string of the molecule is C=CCNC(=O)Cc1c(C)nc(C)[nH]c1=O. The van der Waals surface area contributed by atoms with E-state index in [2.05, 4.69) is 21.9 Å². The Morgan fingerprint density at radius 3 is 2.81 bits per heavy atom. The van der Waals surface area contributed by atoms with Crippen molar-refractivity contribution in [2.24, 2.45) is 0 Å². The van der Waals surface area contributed by atoms with Crippen molar-refractivity contribution in [1.82, 2.24) is 15.3 Å². The molecular weight excluding hydrogens is 206 g/mol. The first-order valence-corrected chi connectivity index (χ1v) is 4.98. The van der Waals surface area contributed by atoms with Crippen molar-refractivity contribution in [3.8, 4) is 0 Å². The summed E-state index contributed by atoms with van der Waals surface area (Å²) >= 11 is 0. The number of H-pyrrole nitrogens is 1. The van der Waals surface area contributed by atoms with E-state index in [0.29, 0.717) is 23.6 Å². The van der Waals surface area contributed by atoms with Crippen molar-refractivity contribution in [3.05, 3.63) is 40.1 Å². The fraction of sp³-hybridized carbons (Fsp3) is 0.364. The zero-order valence-corrected chi connectivity index (χ0v) is 9.46. The molecule has 5 heteroatoms. The molecule has 0 aliphatic rings. The van der Waals surface area contributed by atoms with E-state index < -0.39 is 0 Å². The van der Waals surface area contributed by atoms with Gasteiger partial charge >= 0.3 is 0 Å². The van der Waals surface area contributed by atoms with Gasteiger partial charge in [0.05, 0.1) is 6.42 Å². The predicted octanol–water partition coefficient (Wildman–Crippen LogP) is 0.231. The third kappa shape index (κ3) is 3.05.